The summed E-state index contributed by atoms with van der Waals surface area (Å²) in [7, 11) is 3.49. The first-order valence-corrected chi connectivity index (χ1v) is 20.9. The summed E-state index contributed by atoms with van der Waals surface area (Å²) in [6.07, 6.45) is 4.58. The average molecular weight is 867 g/mol. The Morgan fingerprint density at radius 1 is 0.968 bits per heavy atom. The number of methoxy groups -OCH3 is 1. The highest BCUT2D eigenvalue weighted by Gasteiger charge is 2.50. The Labute approximate surface area is 362 Å². The van der Waals surface area contributed by atoms with Crippen molar-refractivity contribution < 1.29 is 63.7 Å². The Morgan fingerprint density at radius 2 is 1.65 bits per heavy atom. The summed E-state index contributed by atoms with van der Waals surface area (Å²) in [6, 6.07) is 0. The smallest absolute Gasteiger partial charge is 0.312 e. The standard InChI is InChI=1S/C45H62N4O13/c1-23-12-11-13-24(2)44(57)47-35-30(22-46-60-21-19-49-17-15-48(9)16-18-49)39(54)32-33(40(35)55)38(53)28(6)42-34(32)43(56)45(8,62-42)59-20-14-31(58-10)25(3)41(61-29(7)50)27(5)37(52)26(4)36(23)51/h11-14,20,22-23,25-27,31,36-37,41,51-55H,15-19,21H2,1-10H3,(H,47,57)/b12-11-,20-14-,24-13-,46-22+/t23-,25+,26+,27+,31-,36-,37+,41+,45-/m0/s1. The highest BCUT2D eigenvalue weighted by molar-refractivity contribution is 6.23. The van der Waals surface area contributed by atoms with E-state index in [-0.39, 0.29) is 51.1 Å². The molecule has 4 aliphatic heterocycles. The molecule has 1 amide bonds. The monoisotopic (exact) mass is 866 g/mol. The number of aromatic hydroxyl groups is 3. The molecule has 0 spiro atoms. The van der Waals surface area contributed by atoms with Crippen molar-refractivity contribution in [2.24, 2.45) is 28.8 Å². The first kappa shape index (κ1) is 47.8. The maximum atomic E-state index is 14.4. The third-order valence-electron chi connectivity index (χ3n) is 12.4. The van der Waals surface area contributed by atoms with E-state index in [1.807, 2.05) is 0 Å². The van der Waals surface area contributed by atoms with E-state index in [1.54, 1.807) is 39.8 Å². The van der Waals surface area contributed by atoms with E-state index in [2.05, 4.69) is 27.3 Å². The number of nitrogens with zero attached hydrogens (tertiary/aromatic N) is 3. The average Bonchev–Trinajstić information content (AvgIpc) is 3.50. The number of carbonyl (C=O) groups excluding carboxylic acids is 3. The van der Waals surface area contributed by atoms with Crippen LogP contribution in [0.25, 0.3) is 10.8 Å². The molecule has 0 aromatic heterocycles. The number of anilines is 1. The van der Waals surface area contributed by atoms with Gasteiger partial charge in [0.1, 0.15) is 30.0 Å². The molecule has 17 nitrogen and oxygen atoms in total. The predicted octanol–water partition coefficient (Wildman–Crippen LogP) is 4.35. The number of piperazine rings is 1. The molecule has 0 aliphatic carbocycles. The number of rotatable bonds is 7. The number of hydrogen-bond acceptors (Lipinski definition) is 16. The minimum absolute atomic E-state index is 0.0372. The van der Waals surface area contributed by atoms with Gasteiger partial charge < -0.3 is 59.5 Å². The number of nitrogens with one attached hydrogen (secondary N) is 1. The van der Waals surface area contributed by atoms with E-state index in [9.17, 15) is 39.9 Å². The number of ether oxygens (including phenoxy) is 4. The highest BCUT2D eigenvalue weighted by atomic mass is 16.7. The molecule has 5 bridgehead atoms. The van der Waals surface area contributed by atoms with E-state index in [0.29, 0.717) is 6.54 Å². The number of aliphatic hydroxyl groups is 2. The van der Waals surface area contributed by atoms with Crippen molar-refractivity contribution in [3.05, 3.63) is 52.8 Å². The van der Waals surface area contributed by atoms with Crippen molar-refractivity contribution in [2.45, 2.75) is 85.6 Å². The lowest BCUT2D eigenvalue weighted by Crippen LogP contribution is -2.46. The number of Topliss-reactive ketones (excluding diaryl/α,β-unsaturated/α-hetero) is 1. The molecule has 9 atom stereocenters. The van der Waals surface area contributed by atoms with Crippen LogP contribution in [0.15, 0.2) is 41.3 Å². The maximum Gasteiger partial charge on any atom is 0.312 e. The van der Waals surface area contributed by atoms with E-state index >= 15 is 0 Å². The molecule has 0 radical (unpaired) electrons. The zero-order valence-electron chi connectivity index (χ0n) is 37.2. The number of aliphatic hydroxyl groups excluding tert-OH is 2. The van der Waals surface area contributed by atoms with Gasteiger partial charge in [-0.3, -0.25) is 19.3 Å². The van der Waals surface area contributed by atoms with E-state index in [4.69, 9.17) is 23.8 Å². The van der Waals surface area contributed by atoms with Crippen LogP contribution in [-0.2, 0) is 28.6 Å². The number of benzene rings is 2. The number of likely N-dealkylation sites (N-methyl/N-ethyl adjacent to an activating group) is 1. The number of allylic oxidation sites excluding steroid dienone is 2. The largest absolute Gasteiger partial charge is 0.507 e. The highest BCUT2D eigenvalue weighted by Crippen LogP contribution is 2.55. The Balaban J connectivity index is 1.64. The zero-order valence-corrected chi connectivity index (χ0v) is 37.2. The number of phenols is 3. The van der Waals surface area contributed by atoms with Gasteiger partial charge in [0.25, 0.3) is 11.7 Å². The number of carbonyl (C=O) groups is 3. The number of hydrogen-bond donors (Lipinski definition) is 6. The molecule has 4 heterocycles. The first-order valence-electron chi connectivity index (χ1n) is 20.9. The number of fused-ring (bicyclic) bond motifs is 14. The number of oxime groups is 1. The summed E-state index contributed by atoms with van der Waals surface area (Å²) < 4.78 is 23.6. The molecule has 340 valence electrons. The first-order chi connectivity index (χ1) is 29.2. The van der Waals surface area contributed by atoms with Crippen molar-refractivity contribution in [1.82, 2.24) is 9.80 Å². The van der Waals surface area contributed by atoms with Crippen LogP contribution >= 0.6 is 0 Å². The van der Waals surface area contributed by atoms with Crippen LogP contribution in [0.4, 0.5) is 5.69 Å². The second-order valence-corrected chi connectivity index (χ2v) is 16.8. The maximum absolute atomic E-state index is 14.4. The number of esters is 1. The van der Waals surface area contributed by atoms with Gasteiger partial charge in [-0.15, -0.1) is 0 Å². The summed E-state index contributed by atoms with van der Waals surface area (Å²) in [5, 5.41) is 64.5. The second kappa shape index (κ2) is 19.9. The van der Waals surface area contributed by atoms with Gasteiger partial charge in [-0.05, 0) is 27.0 Å². The Hall–Kier alpha value is -5.20. The quantitative estimate of drug-likeness (QED) is 0.0568. The Bertz CT molecular complexity index is 2130. The van der Waals surface area contributed by atoms with Crippen LogP contribution in [0, 0.1) is 30.6 Å². The van der Waals surface area contributed by atoms with Gasteiger partial charge in [-0.25, -0.2) is 0 Å². The van der Waals surface area contributed by atoms with Gasteiger partial charge in [0.05, 0.1) is 53.0 Å². The van der Waals surface area contributed by atoms with E-state index in [0.717, 1.165) is 32.4 Å². The topological polar surface area (TPSA) is 229 Å². The predicted molar refractivity (Wildman–Crippen MR) is 231 cm³/mol. The third kappa shape index (κ3) is 9.87. The normalized spacial score (nSPS) is 31.3. The zero-order chi connectivity index (χ0) is 45.8. The fourth-order valence-electron chi connectivity index (χ4n) is 8.26. The summed E-state index contributed by atoms with van der Waals surface area (Å²) >= 11 is 0. The Morgan fingerprint density at radius 3 is 2.29 bits per heavy atom. The lowest BCUT2D eigenvalue weighted by Gasteiger charge is -2.38. The number of ketones is 1. The van der Waals surface area contributed by atoms with E-state index in [1.165, 1.54) is 53.2 Å². The van der Waals surface area contributed by atoms with Crippen molar-refractivity contribution in [2.75, 3.05) is 58.8 Å². The molecule has 0 saturated carbocycles. The summed E-state index contributed by atoms with van der Waals surface area (Å²) in [4.78, 5) is 50.6. The molecule has 62 heavy (non-hydrogen) atoms. The van der Waals surface area contributed by atoms with Gasteiger partial charge >= 0.3 is 11.8 Å². The van der Waals surface area contributed by atoms with Crippen LogP contribution < -0.4 is 10.1 Å². The minimum atomic E-state index is -2.06. The van der Waals surface area contributed by atoms with Crippen LogP contribution in [0.5, 0.6) is 23.0 Å². The van der Waals surface area contributed by atoms with Crippen LogP contribution in [0.2, 0.25) is 0 Å². The summed E-state index contributed by atoms with van der Waals surface area (Å²) in [5.41, 5.74) is -0.582. The van der Waals surface area contributed by atoms with Crippen molar-refractivity contribution in [3.63, 3.8) is 0 Å². The summed E-state index contributed by atoms with van der Waals surface area (Å²) in [5.74, 6) is -8.61. The molecule has 1 saturated heterocycles. The molecule has 2 aromatic rings. The van der Waals surface area contributed by atoms with Crippen molar-refractivity contribution >= 4 is 40.3 Å². The van der Waals surface area contributed by atoms with Gasteiger partial charge in [0.15, 0.2) is 5.75 Å². The Kier molecular flexibility index (Phi) is 15.3. The molecule has 17 heteroatoms. The third-order valence-corrected chi connectivity index (χ3v) is 12.4. The van der Waals surface area contributed by atoms with Crippen LogP contribution in [0.3, 0.4) is 0 Å². The van der Waals surface area contributed by atoms with Crippen molar-refractivity contribution in [1.29, 1.82) is 0 Å². The molecule has 2 aromatic carbocycles. The number of amides is 1. The fraction of sp³-hybridized carbons (Fsp3) is 0.556. The molecule has 1 fully saturated rings. The van der Waals surface area contributed by atoms with Gasteiger partial charge in [-0.1, -0.05) is 51.1 Å². The second-order valence-electron chi connectivity index (χ2n) is 16.8. The lowest BCUT2D eigenvalue weighted by molar-refractivity contribution is -0.160. The molecule has 6 N–H and O–H groups in total. The lowest BCUT2D eigenvalue weighted by atomic mass is 9.78. The summed E-state index contributed by atoms with van der Waals surface area (Å²) in [6.45, 7) is 16.8. The molecular weight excluding hydrogens is 805 g/mol. The van der Waals surface area contributed by atoms with Crippen molar-refractivity contribution in [3.8, 4) is 23.0 Å². The SMILES string of the molecule is CO[C@H]1/C=C\O[C@@]2(C)Oc3c(C)c(O)c4c(O)c(c(/C=N/OCCN5CCN(C)CC5)c(O)c4c3C2=O)NC(=O)/C(C)=C\C=C/[C@H](C)[C@H](O)[C@@H](C)[C@@H](O)[C@@H](C)[C@H](OC(C)=O)[C@@H]1C. The van der Waals surface area contributed by atoms with Crippen LogP contribution in [-0.4, -0.2) is 143 Å². The van der Waals surface area contributed by atoms with Gasteiger partial charge in [-0.2, -0.15) is 0 Å². The molecule has 4 aliphatic rings. The van der Waals surface area contributed by atoms with E-state index < -0.39 is 88.8 Å². The molecule has 0 unspecified atom stereocenters. The fourth-order valence-corrected chi connectivity index (χ4v) is 8.26. The molecule has 6 rings (SSSR count). The minimum Gasteiger partial charge on any atom is -0.507 e. The molecular formula is C45H62N4O13. The van der Waals surface area contributed by atoms with Gasteiger partial charge in [0, 0.05) is 93.9 Å². The van der Waals surface area contributed by atoms with Crippen LogP contribution in [0.1, 0.15) is 70.0 Å². The van der Waals surface area contributed by atoms with Gasteiger partial charge in [0.2, 0.25) is 0 Å². The number of phenolic OH excluding ortho intramolecular Hbond substituents is 3.